The average Bonchev–Trinajstić information content (AvgIpc) is 3.23. The molecule has 0 aliphatic heterocycles. The summed E-state index contributed by atoms with van der Waals surface area (Å²) in [5.41, 5.74) is 7.58. The fourth-order valence-corrected chi connectivity index (χ4v) is 3.14. The van der Waals surface area contributed by atoms with Crippen LogP contribution in [0.5, 0.6) is 0 Å². The number of aryl methyl sites for hydroxylation is 2. The lowest BCUT2D eigenvalue weighted by atomic mass is 10.1. The van der Waals surface area contributed by atoms with E-state index in [0.29, 0.717) is 11.8 Å². The highest BCUT2D eigenvalue weighted by molar-refractivity contribution is 5.85. The van der Waals surface area contributed by atoms with Gasteiger partial charge in [-0.05, 0) is 54.4 Å². The Bertz CT molecular complexity index is 1250. The first-order valence-corrected chi connectivity index (χ1v) is 8.51. The Kier molecular flexibility index (Phi) is 3.19. The van der Waals surface area contributed by atoms with E-state index in [1.165, 1.54) is 5.56 Å². The summed E-state index contributed by atoms with van der Waals surface area (Å²) in [4.78, 5) is 8.95. The normalized spacial score (nSPS) is 11.5. The van der Waals surface area contributed by atoms with Crippen LogP contribution in [0.3, 0.4) is 0 Å². The van der Waals surface area contributed by atoms with Crippen LogP contribution in [0.25, 0.3) is 44.8 Å². The van der Waals surface area contributed by atoms with Crippen LogP contribution in [0.1, 0.15) is 11.5 Å². The summed E-state index contributed by atoms with van der Waals surface area (Å²) in [5, 5.41) is 0. The van der Waals surface area contributed by atoms with Gasteiger partial charge in [-0.1, -0.05) is 29.8 Å². The highest BCUT2D eigenvalue weighted by Gasteiger charge is 2.10. The number of oxazole rings is 2. The molecule has 4 nitrogen and oxygen atoms in total. The molecule has 0 aliphatic rings. The van der Waals surface area contributed by atoms with E-state index in [1.807, 2.05) is 55.5 Å². The van der Waals surface area contributed by atoms with Crippen molar-refractivity contribution in [3.8, 4) is 22.6 Å². The zero-order valence-electron chi connectivity index (χ0n) is 14.5. The molecular formula is C22H16N2O2. The van der Waals surface area contributed by atoms with Crippen molar-refractivity contribution in [2.75, 3.05) is 0 Å². The van der Waals surface area contributed by atoms with Crippen molar-refractivity contribution in [2.24, 2.45) is 0 Å². The van der Waals surface area contributed by atoms with Gasteiger partial charge in [0, 0.05) is 12.5 Å². The highest BCUT2D eigenvalue weighted by Crippen LogP contribution is 2.30. The van der Waals surface area contributed by atoms with E-state index in [9.17, 15) is 0 Å². The van der Waals surface area contributed by atoms with Gasteiger partial charge in [-0.25, -0.2) is 9.97 Å². The van der Waals surface area contributed by atoms with E-state index < -0.39 is 0 Å². The van der Waals surface area contributed by atoms with Crippen molar-refractivity contribution in [3.63, 3.8) is 0 Å². The Hall–Kier alpha value is -3.40. The second-order valence-corrected chi connectivity index (χ2v) is 6.48. The lowest BCUT2D eigenvalue weighted by Crippen LogP contribution is -1.78. The Morgan fingerprint density at radius 2 is 1.19 bits per heavy atom. The van der Waals surface area contributed by atoms with Gasteiger partial charge in [-0.15, -0.1) is 0 Å². The third-order valence-electron chi connectivity index (χ3n) is 4.52. The monoisotopic (exact) mass is 340 g/mol. The van der Waals surface area contributed by atoms with Gasteiger partial charge in [-0.2, -0.15) is 0 Å². The quantitative estimate of drug-likeness (QED) is 0.400. The predicted octanol–water partition coefficient (Wildman–Crippen LogP) is 5.92. The number of benzene rings is 3. The molecule has 0 bridgehead atoms. The molecule has 0 spiro atoms. The maximum Gasteiger partial charge on any atom is 0.227 e. The molecule has 0 saturated heterocycles. The molecule has 0 unspecified atom stereocenters. The second kappa shape index (κ2) is 5.56. The van der Waals surface area contributed by atoms with Gasteiger partial charge in [0.2, 0.25) is 5.89 Å². The van der Waals surface area contributed by atoms with Gasteiger partial charge in [0.1, 0.15) is 11.0 Å². The maximum atomic E-state index is 6.00. The zero-order valence-corrected chi connectivity index (χ0v) is 14.5. The molecule has 0 aliphatic carbocycles. The van der Waals surface area contributed by atoms with Crippen molar-refractivity contribution < 1.29 is 8.83 Å². The van der Waals surface area contributed by atoms with Gasteiger partial charge >= 0.3 is 0 Å². The minimum absolute atomic E-state index is 0.637. The first kappa shape index (κ1) is 14.9. The number of nitrogens with zero attached hydrogens (tertiary/aromatic N) is 2. The molecule has 0 amide bonds. The summed E-state index contributed by atoms with van der Waals surface area (Å²) >= 11 is 0. The van der Waals surface area contributed by atoms with Crippen molar-refractivity contribution in [1.29, 1.82) is 0 Å². The SMILES string of the molecule is Cc1ccc(-c2nc3ccc(-c4ccc5nc(C)oc5c4)cc3o2)cc1. The first-order valence-electron chi connectivity index (χ1n) is 8.51. The van der Waals surface area contributed by atoms with Crippen molar-refractivity contribution in [2.45, 2.75) is 13.8 Å². The third kappa shape index (κ3) is 2.47. The Labute approximate surface area is 150 Å². The Morgan fingerprint density at radius 3 is 1.88 bits per heavy atom. The number of fused-ring (bicyclic) bond motifs is 2. The Balaban J connectivity index is 1.59. The average molecular weight is 340 g/mol. The van der Waals surface area contributed by atoms with Gasteiger partial charge in [0.05, 0.1) is 0 Å². The van der Waals surface area contributed by atoms with Gasteiger partial charge < -0.3 is 8.83 Å². The van der Waals surface area contributed by atoms with Crippen LogP contribution >= 0.6 is 0 Å². The van der Waals surface area contributed by atoms with Crippen LogP contribution in [0.15, 0.2) is 69.5 Å². The molecule has 2 aromatic heterocycles. The van der Waals surface area contributed by atoms with E-state index in [0.717, 1.165) is 38.9 Å². The molecule has 5 rings (SSSR count). The molecule has 5 aromatic rings. The van der Waals surface area contributed by atoms with E-state index >= 15 is 0 Å². The number of hydrogen-bond acceptors (Lipinski definition) is 4. The molecule has 0 N–H and O–H groups in total. The first-order chi connectivity index (χ1) is 12.7. The lowest BCUT2D eigenvalue weighted by molar-refractivity contribution is 0.561. The fraction of sp³-hybridized carbons (Fsp3) is 0.0909. The molecule has 3 aromatic carbocycles. The molecule has 2 heterocycles. The molecular weight excluding hydrogens is 324 g/mol. The van der Waals surface area contributed by atoms with Crippen LogP contribution in [0, 0.1) is 13.8 Å². The molecule has 26 heavy (non-hydrogen) atoms. The van der Waals surface area contributed by atoms with Gasteiger partial charge in [-0.3, -0.25) is 0 Å². The molecule has 4 heteroatoms. The smallest absolute Gasteiger partial charge is 0.227 e. The molecule has 0 saturated carbocycles. The van der Waals surface area contributed by atoms with Crippen LogP contribution in [0.2, 0.25) is 0 Å². The summed E-state index contributed by atoms with van der Waals surface area (Å²) in [6.45, 7) is 3.92. The topological polar surface area (TPSA) is 52.1 Å². The number of aromatic nitrogens is 2. The standard InChI is InChI=1S/C22H16N2O2/c1-13-3-5-15(6-4-13)22-24-19-10-8-17(12-21(19)26-22)16-7-9-18-20(11-16)25-14(2)23-18/h3-12H,1-2H3. The van der Waals surface area contributed by atoms with Crippen molar-refractivity contribution in [3.05, 3.63) is 72.1 Å². The van der Waals surface area contributed by atoms with E-state index in [1.54, 1.807) is 0 Å². The number of hydrogen-bond donors (Lipinski definition) is 0. The second-order valence-electron chi connectivity index (χ2n) is 6.48. The van der Waals surface area contributed by atoms with E-state index in [-0.39, 0.29) is 0 Å². The summed E-state index contributed by atoms with van der Waals surface area (Å²) in [7, 11) is 0. The van der Waals surface area contributed by atoms with E-state index in [2.05, 4.69) is 29.0 Å². The summed E-state index contributed by atoms with van der Waals surface area (Å²) < 4.78 is 11.6. The molecule has 0 fully saturated rings. The summed E-state index contributed by atoms with van der Waals surface area (Å²) in [6.07, 6.45) is 0. The minimum Gasteiger partial charge on any atom is -0.441 e. The number of rotatable bonds is 2. The predicted molar refractivity (Wildman–Crippen MR) is 102 cm³/mol. The Morgan fingerprint density at radius 1 is 0.615 bits per heavy atom. The molecule has 0 radical (unpaired) electrons. The lowest BCUT2D eigenvalue weighted by Gasteiger charge is -2.00. The van der Waals surface area contributed by atoms with Gasteiger partial charge in [0.25, 0.3) is 0 Å². The van der Waals surface area contributed by atoms with Gasteiger partial charge in [0.15, 0.2) is 17.1 Å². The molecule has 0 atom stereocenters. The largest absolute Gasteiger partial charge is 0.441 e. The van der Waals surface area contributed by atoms with Crippen molar-refractivity contribution in [1.82, 2.24) is 9.97 Å². The highest BCUT2D eigenvalue weighted by atomic mass is 16.4. The third-order valence-corrected chi connectivity index (χ3v) is 4.52. The molecule has 126 valence electrons. The van der Waals surface area contributed by atoms with Crippen LogP contribution in [-0.4, -0.2) is 9.97 Å². The van der Waals surface area contributed by atoms with Crippen LogP contribution in [0.4, 0.5) is 0 Å². The fourth-order valence-electron chi connectivity index (χ4n) is 3.14. The summed E-state index contributed by atoms with van der Waals surface area (Å²) in [6, 6.07) is 20.3. The van der Waals surface area contributed by atoms with Crippen LogP contribution in [-0.2, 0) is 0 Å². The van der Waals surface area contributed by atoms with Crippen LogP contribution < -0.4 is 0 Å². The van der Waals surface area contributed by atoms with Crippen molar-refractivity contribution >= 4 is 22.2 Å². The summed E-state index contributed by atoms with van der Waals surface area (Å²) in [5.74, 6) is 1.31. The maximum absolute atomic E-state index is 6.00. The zero-order chi connectivity index (χ0) is 17.7. The van der Waals surface area contributed by atoms with E-state index in [4.69, 9.17) is 8.83 Å². The minimum atomic E-state index is 0.637.